The molecule has 1 aromatic rings. The van der Waals surface area contributed by atoms with Crippen LogP contribution in [0.15, 0.2) is 12.1 Å². The van der Waals surface area contributed by atoms with Crippen LogP contribution in [0.5, 0.6) is 0 Å². The summed E-state index contributed by atoms with van der Waals surface area (Å²) >= 11 is 6.13. The molecule has 0 amide bonds. The van der Waals surface area contributed by atoms with Crippen molar-refractivity contribution in [3.63, 3.8) is 0 Å². The first-order chi connectivity index (χ1) is 8.13. The monoisotopic (exact) mass is 250 g/mol. The van der Waals surface area contributed by atoms with Gasteiger partial charge in [0.25, 0.3) is 0 Å². The largest absolute Gasteiger partial charge is 0.379 e. The average molecular weight is 251 g/mol. The molecule has 1 aromatic carbocycles. The number of hydrogen-bond acceptors (Lipinski definition) is 3. The highest BCUT2D eigenvalue weighted by Crippen LogP contribution is 2.29. The molecule has 2 rings (SSSR count). The Morgan fingerprint density at radius 1 is 1.47 bits per heavy atom. The maximum atomic E-state index is 8.89. The topological polar surface area (TPSA) is 45.0 Å². The van der Waals surface area contributed by atoms with Crippen LogP contribution in [0.2, 0.25) is 5.02 Å². The third-order valence-corrected chi connectivity index (χ3v) is 3.70. The highest BCUT2D eigenvalue weighted by atomic mass is 35.5. The fourth-order valence-corrected chi connectivity index (χ4v) is 2.18. The fourth-order valence-electron chi connectivity index (χ4n) is 1.97. The summed E-state index contributed by atoms with van der Waals surface area (Å²) in [7, 11) is 0. The molecule has 17 heavy (non-hydrogen) atoms. The molecule has 0 bridgehead atoms. The molecular weight excluding hydrogens is 236 g/mol. The van der Waals surface area contributed by atoms with Crippen molar-refractivity contribution in [2.75, 3.05) is 18.5 Å². The van der Waals surface area contributed by atoms with E-state index in [0.717, 1.165) is 24.5 Å². The second-order valence-corrected chi connectivity index (χ2v) is 4.86. The van der Waals surface area contributed by atoms with Gasteiger partial charge in [-0.15, -0.1) is 0 Å². The van der Waals surface area contributed by atoms with E-state index >= 15 is 0 Å². The van der Waals surface area contributed by atoms with E-state index < -0.39 is 0 Å². The van der Waals surface area contributed by atoms with Crippen LogP contribution in [-0.4, -0.2) is 19.3 Å². The number of nitrogens with zero attached hydrogens (tertiary/aromatic N) is 1. The van der Waals surface area contributed by atoms with Gasteiger partial charge in [-0.3, -0.25) is 0 Å². The highest BCUT2D eigenvalue weighted by Gasteiger charge is 2.24. The molecule has 0 radical (unpaired) electrons. The molecule has 1 heterocycles. The van der Waals surface area contributed by atoms with Crippen molar-refractivity contribution in [3.8, 4) is 6.07 Å². The van der Waals surface area contributed by atoms with Crippen molar-refractivity contribution in [1.82, 2.24) is 0 Å². The fraction of sp³-hybridized carbons (Fsp3) is 0.462. The second kappa shape index (κ2) is 4.95. The Hall–Kier alpha value is -1.24. The first-order valence-corrected chi connectivity index (χ1v) is 6.04. The van der Waals surface area contributed by atoms with E-state index in [1.54, 1.807) is 6.07 Å². The molecule has 3 nitrogen and oxygen atoms in total. The summed E-state index contributed by atoms with van der Waals surface area (Å²) in [6, 6.07) is 6.05. The molecule has 90 valence electrons. The predicted molar refractivity (Wildman–Crippen MR) is 68.3 cm³/mol. The van der Waals surface area contributed by atoms with Crippen LogP contribution >= 0.6 is 11.6 Å². The van der Waals surface area contributed by atoms with Crippen LogP contribution in [0.1, 0.15) is 18.1 Å². The van der Waals surface area contributed by atoms with Gasteiger partial charge in [-0.1, -0.05) is 18.5 Å². The predicted octanol–water partition coefficient (Wildman–Crippen LogP) is 2.97. The van der Waals surface area contributed by atoms with Gasteiger partial charge in [0, 0.05) is 11.6 Å². The molecule has 2 unspecified atom stereocenters. The van der Waals surface area contributed by atoms with Crippen molar-refractivity contribution >= 4 is 17.3 Å². The molecule has 1 saturated heterocycles. The van der Waals surface area contributed by atoms with Gasteiger partial charge in [-0.05, 0) is 24.6 Å². The number of rotatable bonds is 2. The average Bonchev–Trinajstić information content (AvgIpc) is 2.71. The second-order valence-electron chi connectivity index (χ2n) is 4.48. The van der Waals surface area contributed by atoms with E-state index in [9.17, 15) is 0 Å². The molecule has 2 atom stereocenters. The highest BCUT2D eigenvalue weighted by molar-refractivity contribution is 6.32. The Balaban J connectivity index is 2.22. The Labute approximate surface area is 106 Å². The van der Waals surface area contributed by atoms with Crippen molar-refractivity contribution < 1.29 is 4.74 Å². The van der Waals surface area contributed by atoms with Gasteiger partial charge in [0.05, 0.1) is 29.8 Å². The van der Waals surface area contributed by atoms with Gasteiger partial charge in [0.15, 0.2) is 0 Å². The Bertz CT molecular complexity index is 467. The molecule has 4 heteroatoms. The molecule has 1 N–H and O–H groups in total. The van der Waals surface area contributed by atoms with Crippen molar-refractivity contribution in [1.29, 1.82) is 5.26 Å². The van der Waals surface area contributed by atoms with Gasteiger partial charge in [-0.25, -0.2) is 0 Å². The van der Waals surface area contributed by atoms with Gasteiger partial charge < -0.3 is 10.1 Å². The number of benzene rings is 1. The van der Waals surface area contributed by atoms with Gasteiger partial charge in [0.2, 0.25) is 0 Å². The summed E-state index contributed by atoms with van der Waals surface area (Å²) in [6.07, 6.45) is 0. The lowest BCUT2D eigenvalue weighted by Crippen LogP contribution is -2.26. The first kappa shape index (κ1) is 12.2. The smallest absolute Gasteiger partial charge is 0.101 e. The normalized spacial score (nSPS) is 23.4. The Morgan fingerprint density at radius 3 is 2.82 bits per heavy atom. The van der Waals surface area contributed by atoms with Gasteiger partial charge in [0.1, 0.15) is 6.07 Å². The van der Waals surface area contributed by atoms with Crippen molar-refractivity contribution in [2.24, 2.45) is 5.92 Å². The summed E-state index contributed by atoms with van der Waals surface area (Å²) in [5.41, 5.74) is 2.42. The van der Waals surface area contributed by atoms with Crippen LogP contribution in [0.3, 0.4) is 0 Å². The third kappa shape index (κ3) is 2.38. The van der Waals surface area contributed by atoms with E-state index in [-0.39, 0.29) is 0 Å². The lowest BCUT2D eigenvalue weighted by atomic mass is 10.0. The summed E-state index contributed by atoms with van der Waals surface area (Å²) < 4.78 is 5.41. The van der Waals surface area contributed by atoms with Crippen LogP contribution < -0.4 is 5.32 Å². The maximum absolute atomic E-state index is 8.89. The maximum Gasteiger partial charge on any atom is 0.101 e. The zero-order valence-corrected chi connectivity index (χ0v) is 10.7. The molecule has 0 saturated carbocycles. The quantitative estimate of drug-likeness (QED) is 0.878. The minimum Gasteiger partial charge on any atom is -0.379 e. The number of halogens is 1. The van der Waals surface area contributed by atoms with E-state index in [1.165, 1.54) is 0 Å². The summed E-state index contributed by atoms with van der Waals surface area (Å²) in [6.45, 7) is 5.59. The Morgan fingerprint density at radius 2 is 2.24 bits per heavy atom. The molecule has 1 aliphatic rings. The zero-order chi connectivity index (χ0) is 12.4. The lowest BCUT2D eigenvalue weighted by molar-refractivity contribution is 0.187. The third-order valence-electron chi connectivity index (χ3n) is 3.21. The summed E-state index contributed by atoms with van der Waals surface area (Å²) in [5.74, 6) is 0.490. The number of anilines is 1. The first-order valence-electron chi connectivity index (χ1n) is 5.67. The van der Waals surface area contributed by atoms with Gasteiger partial charge in [-0.2, -0.15) is 5.26 Å². The lowest BCUT2D eigenvalue weighted by Gasteiger charge is -2.19. The van der Waals surface area contributed by atoms with E-state index in [1.807, 2.05) is 13.0 Å². The minimum atomic E-state index is 0.317. The number of ether oxygens (including phenoxy) is 1. The summed E-state index contributed by atoms with van der Waals surface area (Å²) in [5, 5.41) is 12.8. The van der Waals surface area contributed by atoms with E-state index in [0.29, 0.717) is 22.5 Å². The van der Waals surface area contributed by atoms with Crippen LogP contribution in [0.25, 0.3) is 0 Å². The Kier molecular flexibility index (Phi) is 3.56. The van der Waals surface area contributed by atoms with Crippen LogP contribution in [0.4, 0.5) is 5.69 Å². The van der Waals surface area contributed by atoms with Crippen LogP contribution in [-0.2, 0) is 4.74 Å². The standard InChI is InChI=1S/C13H15ClN2O/c1-8-6-17-7-12(8)16-11-4-3-10(5-15)13(14)9(11)2/h3-4,8,12,16H,6-7H2,1-2H3. The SMILES string of the molecule is Cc1c(NC2COCC2C)ccc(C#N)c1Cl. The van der Waals surface area contributed by atoms with Gasteiger partial charge >= 0.3 is 0 Å². The van der Waals surface area contributed by atoms with Crippen molar-refractivity contribution in [2.45, 2.75) is 19.9 Å². The minimum absolute atomic E-state index is 0.317. The number of nitrogens with one attached hydrogen (secondary N) is 1. The number of hydrogen-bond donors (Lipinski definition) is 1. The van der Waals surface area contributed by atoms with Crippen LogP contribution in [0, 0.1) is 24.2 Å². The number of nitriles is 1. The van der Waals surface area contributed by atoms with E-state index in [4.69, 9.17) is 21.6 Å². The molecule has 0 aliphatic carbocycles. The molecule has 0 aromatic heterocycles. The molecule has 1 aliphatic heterocycles. The van der Waals surface area contributed by atoms with E-state index in [2.05, 4.69) is 18.3 Å². The molecule has 1 fully saturated rings. The summed E-state index contributed by atoms with van der Waals surface area (Å²) in [4.78, 5) is 0. The van der Waals surface area contributed by atoms with Crippen molar-refractivity contribution in [3.05, 3.63) is 28.3 Å². The molecular formula is C13H15ClN2O. The molecule has 0 spiro atoms. The zero-order valence-electron chi connectivity index (χ0n) is 9.96.